The van der Waals surface area contributed by atoms with E-state index in [4.69, 9.17) is 4.74 Å². The van der Waals surface area contributed by atoms with Crippen LogP contribution in [0.1, 0.15) is 13.8 Å². The van der Waals surface area contributed by atoms with Crippen LogP contribution in [0.25, 0.3) is 0 Å². The van der Waals surface area contributed by atoms with Gasteiger partial charge in [-0.1, -0.05) is 0 Å². The summed E-state index contributed by atoms with van der Waals surface area (Å²) in [5, 5.41) is 2.99. The second kappa shape index (κ2) is 3.41. The summed E-state index contributed by atoms with van der Waals surface area (Å²) in [6.45, 7) is 5.69. The van der Waals surface area contributed by atoms with Gasteiger partial charge in [-0.25, -0.2) is 0 Å². The zero-order valence-electron chi connectivity index (χ0n) is 7.89. The Hall–Kier alpha value is -0.610. The highest BCUT2D eigenvalue weighted by molar-refractivity contribution is 5.80. The summed E-state index contributed by atoms with van der Waals surface area (Å²) >= 11 is 0. The fourth-order valence-corrected chi connectivity index (χ4v) is 1.17. The number of ether oxygens (including phenoxy) is 1. The summed E-state index contributed by atoms with van der Waals surface area (Å²) in [6, 6.07) is 0. The van der Waals surface area contributed by atoms with Crippen LogP contribution in [0.2, 0.25) is 0 Å². The third-order valence-electron chi connectivity index (χ3n) is 2.06. The lowest BCUT2D eigenvalue weighted by molar-refractivity contribution is -0.129. The predicted molar refractivity (Wildman–Crippen MR) is 45.7 cm³/mol. The van der Waals surface area contributed by atoms with E-state index in [0.717, 1.165) is 0 Å². The number of methoxy groups -OCH3 is 1. The maximum Gasteiger partial charge on any atom is 0.237 e. The second-order valence-electron chi connectivity index (χ2n) is 3.64. The molecule has 1 saturated heterocycles. The normalized spacial score (nSPS) is 18.9. The summed E-state index contributed by atoms with van der Waals surface area (Å²) in [4.78, 5) is 12.9. The van der Waals surface area contributed by atoms with Crippen molar-refractivity contribution in [1.29, 1.82) is 0 Å². The number of nitrogens with zero attached hydrogens (tertiary/aromatic N) is 1. The smallest absolute Gasteiger partial charge is 0.237 e. The fourth-order valence-electron chi connectivity index (χ4n) is 1.17. The van der Waals surface area contributed by atoms with E-state index in [0.29, 0.717) is 19.8 Å². The van der Waals surface area contributed by atoms with Crippen LogP contribution in [-0.4, -0.2) is 43.3 Å². The molecule has 1 N–H and O–H groups in total. The monoisotopic (exact) mass is 172 g/mol. The number of carbonyl (C=O) groups excluding carboxylic acids is 1. The van der Waals surface area contributed by atoms with Gasteiger partial charge in [0.15, 0.2) is 0 Å². The van der Waals surface area contributed by atoms with Crippen molar-refractivity contribution in [3.8, 4) is 0 Å². The predicted octanol–water partition coefficient (Wildman–Crippen LogP) is -0.199. The molecule has 4 nitrogen and oxygen atoms in total. The lowest BCUT2D eigenvalue weighted by Gasteiger charge is -2.28. The number of hydrogen-bond donors (Lipinski definition) is 1. The SMILES string of the molecule is COC(C)(C)CN1CNCC1=O. The molecule has 1 heterocycles. The van der Waals surface area contributed by atoms with Crippen molar-refractivity contribution in [3.05, 3.63) is 0 Å². The molecule has 70 valence electrons. The first-order valence-electron chi connectivity index (χ1n) is 4.09. The number of rotatable bonds is 3. The minimum atomic E-state index is -0.248. The highest BCUT2D eigenvalue weighted by Gasteiger charge is 2.27. The fraction of sp³-hybridized carbons (Fsp3) is 0.875. The molecule has 4 heteroatoms. The van der Waals surface area contributed by atoms with E-state index >= 15 is 0 Å². The van der Waals surface area contributed by atoms with Crippen LogP contribution in [-0.2, 0) is 9.53 Å². The zero-order chi connectivity index (χ0) is 9.19. The van der Waals surface area contributed by atoms with E-state index in [1.807, 2.05) is 13.8 Å². The van der Waals surface area contributed by atoms with Gasteiger partial charge in [-0.2, -0.15) is 0 Å². The van der Waals surface area contributed by atoms with Gasteiger partial charge in [0.1, 0.15) is 0 Å². The Bertz CT molecular complexity index is 180. The van der Waals surface area contributed by atoms with Crippen LogP contribution < -0.4 is 5.32 Å². The van der Waals surface area contributed by atoms with Crippen LogP contribution in [0.15, 0.2) is 0 Å². The van der Waals surface area contributed by atoms with E-state index < -0.39 is 0 Å². The van der Waals surface area contributed by atoms with Crippen molar-refractivity contribution < 1.29 is 9.53 Å². The Morgan fingerprint density at radius 1 is 1.67 bits per heavy atom. The summed E-state index contributed by atoms with van der Waals surface area (Å²) < 4.78 is 5.23. The van der Waals surface area contributed by atoms with Crippen LogP contribution in [0.4, 0.5) is 0 Å². The van der Waals surface area contributed by atoms with Crippen LogP contribution >= 0.6 is 0 Å². The molecule has 1 rings (SSSR count). The first kappa shape index (κ1) is 9.48. The van der Waals surface area contributed by atoms with Crippen molar-refractivity contribution in [3.63, 3.8) is 0 Å². The Kier molecular flexibility index (Phi) is 2.69. The minimum Gasteiger partial charge on any atom is -0.377 e. The Labute approximate surface area is 72.9 Å². The van der Waals surface area contributed by atoms with E-state index in [9.17, 15) is 4.79 Å². The van der Waals surface area contributed by atoms with Crippen LogP contribution in [0.5, 0.6) is 0 Å². The molecule has 0 aromatic carbocycles. The van der Waals surface area contributed by atoms with Crippen LogP contribution in [0.3, 0.4) is 0 Å². The van der Waals surface area contributed by atoms with Crippen molar-refractivity contribution in [1.82, 2.24) is 10.2 Å². The van der Waals surface area contributed by atoms with Gasteiger partial charge in [0.25, 0.3) is 0 Å². The molecule has 1 fully saturated rings. The molecule has 0 aromatic heterocycles. The maximum absolute atomic E-state index is 11.2. The molecule has 0 unspecified atom stereocenters. The van der Waals surface area contributed by atoms with Gasteiger partial charge in [0.05, 0.1) is 25.4 Å². The average Bonchev–Trinajstić information content (AvgIpc) is 2.36. The van der Waals surface area contributed by atoms with Gasteiger partial charge in [-0.05, 0) is 13.8 Å². The highest BCUT2D eigenvalue weighted by Crippen LogP contribution is 2.10. The molecule has 1 aliphatic heterocycles. The third-order valence-corrected chi connectivity index (χ3v) is 2.06. The van der Waals surface area contributed by atoms with Gasteiger partial charge in [0, 0.05) is 7.11 Å². The molecule has 1 amide bonds. The van der Waals surface area contributed by atoms with E-state index in [-0.39, 0.29) is 11.5 Å². The van der Waals surface area contributed by atoms with E-state index in [2.05, 4.69) is 5.32 Å². The van der Waals surface area contributed by atoms with Gasteiger partial charge in [0.2, 0.25) is 5.91 Å². The summed E-state index contributed by atoms with van der Waals surface area (Å²) in [6.07, 6.45) is 0. The van der Waals surface area contributed by atoms with Crippen molar-refractivity contribution in [2.45, 2.75) is 19.4 Å². The topological polar surface area (TPSA) is 41.6 Å². The first-order valence-corrected chi connectivity index (χ1v) is 4.09. The lowest BCUT2D eigenvalue weighted by Crippen LogP contribution is -2.41. The molecule has 0 aliphatic carbocycles. The number of amides is 1. The Morgan fingerprint density at radius 3 is 2.75 bits per heavy atom. The lowest BCUT2D eigenvalue weighted by atomic mass is 10.1. The Balaban J connectivity index is 2.45. The van der Waals surface area contributed by atoms with Crippen molar-refractivity contribution in [2.75, 3.05) is 26.9 Å². The summed E-state index contributed by atoms with van der Waals surface area (Å²) in [5.74, 6) is 0.153. The van der Waals surface area contributed by atoms with Gasteiger partial charge in [-0.3, -0.25) is 10.1 Å². The number of hydrogen-bond acceptors (Lipinski definition) is 3. The highest BCUT2D eigenvalue weighted by atomic mass is 16.5. The van der Waals surface area contributed by atoms with E-state index in [1.165, 1.54) is 0 Å². The molecule has 12 heavy (non-hydrogen) atoms. The molecule has 0 spiro atoms. The molecule has 0 aromatic rings. The molecule has 1 aliphatic rings. The zero-order valence-corrected chi connectivity index (χ0v) is 7.89. The molecular formula is C8H16N2O2. The van der Waals surface area contributed by atoms with Crippen molar-refractivity contribution >= 4 is 5.91 Å². The van der Waals surface area contributed by atoms with Gasteiger partial charge < -0.3 is 9.64 Å². The van der Waals surface area contributed by atoms with Gasteiger partial charge >= 0.3 is 0 Å². The van der Waals surface area contributed by atoms with Crippen LogP contribution in [0, 0.1) is 0 Å². The summed E-state index contributed by atoms with van der Waals surface area (Å²) in [5.41, 5.74) is -0.248. The van der Waals surface area contributed by atoms with Crippen molar-refractivity contribution in [2.24, 2.45) is 0 Å². The number of nitrogens with one attached hydrogen (secondary N) is 1. The molecule has 0 saturated carbocycles. The maximum atomic E-state index is 11.2. The largest absolute Gasteiger partial charge is 0.377 e. The summed E-state index contributed by atoms with van der Waals surface area (Å²) in [7, 11) is 1.66. The minimum absolute atomic E-state index is 0.153. The molecule has 0 atom stereocenters. The third kappa shape index (κ3) is 2.19. The van der Waals surface area contributed by atoms with Gasteiger partial charge in [-0.15, -0.1) is 0 Å². The first-order chi connectivity index (χ1) is 5.55. The number of carbonyl (C=O) groups is 1. The second-order valence-corrected chi connectivity index (χ2v) is 3.64. The Morgan fingerprint density at radius 2 is 2.33 bits per heavy atom. The molecule has 0 bridgehead atoms. The molecule has 0 radical (unpaired) electrons. The molecular weight excluding hydrogens is 156 g/mol. The average molecular weight is 172 g/mol. The van der Waals surface area contributed by atoms with E-state index in [1.54, 1.807) is 12.0 Å². The standard InChI is InChI=1S/C8H16N2O2/c1-8(2,12-3)5-10-6-9-4-7(10)11/h9H,4-6H2,1-3H3. The quantitative estimate of drug-likeness (QED) is 0.641.